The Kier molecular flexibility index (Phi) is 5.64. The van der Waals surface area contributed by atoms with Gasteiger partial charge in [0.1, 0.15) is 5.52 Å². The highest BCUT2D eigenvalue weighted by Crippen LogP contribution is 2.33. The molecule has 1 N–H and O–H groups in total. The molecule has 1 aromatic heterocycles. The molecule has 31 heavy (non-hydrogen) atoms. The molecular weight excluding hydrogens is 394 g/mol. The smallest absolute Gasteiger partial charge is 0.257 e. The molecule has 2 fully saturated rings. The lowest BCUT2D eigenvalue weighted by atomic mass is 10.1. The number of para-hydroxylation sites is 1. The first-order valence-electron chi connectivity index (χ1n) is 10.6. The number of aromatic nitrogens is 2. The van der Waals surface area contributed by atoms with Crippen LogP contribution in [0.1, 0.15) is 10.4 Å². The number of nitrogens with zero attached hydrogens (tertiary/aromatic N) is 4. The summed E-state index contributed by atoms with van der Waals surface area (Å²) in [5.41, 5.74) is 4.73. The van der Waals surface area contributed by atoms with Crippen molar-refractivity contribution in [3.8, 4) is 0 Å². The predicted octanol–water partition coefficient (Wildman–Crippen LogP) is 2.56. The predicted molar refractivity (Wildman–Crippen MR) is 120 cm³/mol. The third-order valence-electron chi connectivity index (χ3n) is 5.70. The van der Waals surface area contributed by atoms with Gasteiger partial charge in [-0.15, -0.1) is 0 Å². The van der Waals surface area contributed by atoms with Gasteiger partial charge in [-0.2, -0.15) is 0 Å². The largest absolute Gasteiger partial charge is 0.378 e. The summed E-state index contributed by atoms with van der Waals surface area (Å²) in [6, 6.07) is 11.7. The summed E-state index contributed by atoms with van der Waals surface area (Å²) in [6.45, 7) is 6.11. The van der Waals surface area contributed by atoms with Crippen LogP contribution in [0.3, 0.4) is 0 Å². The van der Waals surface area contributed by atoms with E-state index in [-0.39, 0.29) is 5.91 Å². The van der Waals surface area contributed by atoms with Crippen LogP contribution in [0.15, 0.2) is 48.8 Å². The van der Waals surface area contributed by atoms with E-state index in [9.17, 15) is 4.79 Å². The summed E-state index contributed by atoms with van der Waals surface area (Å²) < 4.78 is 11.0. The Morgan fingerprint density at radius 1 is 0.871 bits per heavy atom. The number of amides is 1. The highest BCUT2D eigenvalue weighted by molar-refractivity contribution is 6.12. The Bertz CT molecular complexity index is 1070. The Morgan fingerprint density at radius 3 is 2.35 bits per heavy atom. The van der Waals surface area contributed by atoms with Gasteiger partial charge < -0.3 is 24.6 Å². The molecule has 2 aliphatic rings. The number of fused-ring (bicyclic) bond motifs is 1. The van der Waals surface area contributed by atoms with Crippen molar-refractivity contribution >= 4 is 34.0 Å². The fraction of sp³-hybridized carbons (Fsp3) is 0.348. The maximum atomic E-state index is 13.2. The monoisotopic (exact) mass is 419 g/mol. The molecule has 1 amide bonds. The van der Waals surface area contributed by atoms with Crippen LogP contribution in [-0.2, 0) is 9.47 Å². The molecule has 0 saturated carbocycles. The Balaban J connectivity index is 1.47. The lowest BCUT2D eigenvalue weighted by Crippen LogP contribution is -2.38. The van der Waals surface area contributed by atoms with Crippen LogP contribution in [0.4, 0.5) is 17.1 Å². The van der Waals surface area contributed by atoms with Crippen molar-refractivity contribution in [2.24, 2.45) is 0 Å². The summed E-state index contributed by atoms with van der Waals surface area (Å²) >= 11 is 0. The first-order valence-corrected chi connectivity index (χ1v) is 10.6. The van der Waals surface area contributed by atoms with Crippen LogP contribution in [-0.4, -0.2) is 68.5 Å². The summed E-state index contributed by atoms with van der Waals surface area (Å²) in [5.74, 6) is -0.195. The van der Waals surface area contributed by atoms with Crippen molar-refractivity contribution in [3.05, 3.63) is 54.4 Å². The molecule has 0 atom stereocenters. The van der Waals surface area contributed by atoms with Gasteiger partial charge in [0.2, 0.25) is 0 Å². The second kappa shape index (κ2) is 8.87. The summed E-state index contributed by atoms with van der Waals surface area (Å²) in [5, 5.41) is 3.11. The number of morpholine rings is 2. The maximum Gasteiger partial charge on any atom is 0.257 e. The molecular formula is C23H25N5O3. The molecule has 160 valence electrons. The standard InChI is InChI=1S/C23H25N5O3/c29-23(18-2-1-3-20-22(18)25-7-6-24-20)26-19-5-4-17(27-8-12-30-13-9-27)16-21(19)28-10-14-31-15-11-28/h1-7,16H,8-15H2,(H,26,29). The van der Waals surface area contributed by atoms with E-state index < -0.39 is 0 Å². The first-order chi connectivity index (χ1) is 15.3. The number of anilines is 3. The number of hydrogen-bond acceptors (Lipinski definition) is 7. The Labute approximate surface area is 180 Å². The van der Waals surface area contributed by atoms with Gasteiger partial charge in [-0.1, -0.05) is 6.07 Å². The summed E-state index contributed by atoms with van der Waals surface area (Å²) in [4.78, 5) is 26.5. The molecule has 0 bridgehead atoms. The number of ether oxygens (including phenoxy) is 2. The highest BCUT2D eigenvalue weighted by atomic mass is 16.5. The summed E-state index contributed by atoms with van der Waals surface area (Å²) in [7, 11) is 0. The van der Waals surface area contributed by atoms with Gasteiger partial charge in [-0.25, -0.2) is 0 Å². The van der Waals surface area contributed by atoms with Gasteiger partial charge in [0.15, 0.2) is 0 Å². The average Bonchev–Trinajstić information content (AvgIpc) is 2.85. The van der Waals surface area contributed by atoms with Crippen molar-refractivity contribution in [1.29, 1.82) is 0 Å². The number of carbonyl (C=O) groups excluding carboxylic acids is 1. The molecule has 8 nitrogen and oxygen atoms in total. The number of hydrogen-bond donors (Lipinski definition) is 1. The molecule has 3 heterocycles. The Hall–Kier alpha value is -3.23. The molecule has 2 aliphatic heterocycles. The van der Waals surface area contributed by atoms with Crippen LogP contribution < -0.4 is 15.1 Å². The fourth-order valence-electron chi connectivity index (χ4n) is 4.08. The van der Waals surface area contributed by atoms with E-state index in [1.807, 2.05) is 18.2 Å². The molecule has 0 radical (unpaired) electrons. The van der Waals surface area contributed by atoms with Gasteiger partial charge in [0.25, 0.3) is 5.91 Å². The molecule has 8 heteroatoms. The minimum absolute atomic E-state index is 0.195. The van der Waals surface area contributed by atoms with Crippen molar-refractivity contribution < 1.29 is 14.3 Å². The van der Waals surface area contributed by atoms with E-state index in [0.29, 0.717) is 29.8 Å². The van der Waals surface area contributed by atoms with E-state index in [1.165, 1.54) is 0 Å². The lowest BCUT2D eigenvalue weighted by Gasteiger charge is -2.33. The van der Waals surface area contributed by atoms with E-state index in [1.54, 1.807) is 18.5 Å². The molecule has 5 rings (SSSR count). The minimum atomic E-state index is -0.195. The zero-order valence-corrected chi connectivity index (χ0v) is 17.3. The van der Waals surface area contributed by atoms with E-state index in [2.05, 4.69) is 37.2 Å². The van der Waals surface area contributed by atoms with E-state index in [4.69, 9.17) is 9.47 Å². The highest BCUT2D eigenvalue weighted by Gasteiger charge is 2.20. The topological polar surface area (TPSA) is 79.8 Å². The average molecular weight is 419 g/mol. The molecule has 0 unspecified atom stereocenters. The van der Waals surface area contributed by atoms with E-state index >= 15 is 0 Å². The van der Waals surface area contributed by atoms with Gasteiger partial charge in [0.05, 0.1) is 48.9 Å². The first kappa shape index (κ1) is 19.7. The third kappa shape index (κ3) is 4.17. The van der Waals surface area contributed by atoms with Crippen LogP contribution in [0.5, 0.6) is 0 Å². The quantitative estimate of drug-likeness (QED) is 0.696. The van der Waals surface area contributed by atoms with E-state index in [0.717, 1.165) is 56.5 Å². The van der Waals surface area contributed by atoms with Gasteiger partial charge in [0, 0.05) is 44.3 Å². The number of rotatable bonds is 4. The van der Waals surface area contributed by atoms with Crippen molar-refractivity contribution in [2.75, 3.05) is 67.7 Å². The number of carbonyl (C=O) groups is 1. The number of nitrogens with one attached hydrogen (secondary N) is 1. The number of benzene rings is 2. The molecule has 0 spiro atoms. The second-order valence-electron chi connectivity index (χ2n) is 7.58. The van der Waals surface area contributed by atoms with Gasteiger partial charge in [-0.05, 0) is 30.3 Å². The van der Waals surface area contributed by atoms with Gasteiger partial charge >= 0.3 is 0 Å². The fourth-order valence-corrected chi connectivity index (χ4v) is 4.08. The van der Waals surface area contributed by atoms with Crippen molar-refractivity contribution in [1.82, 2.24) is 9.97 Å². The molecule has 2 saturated heterocycles. The van der Waals surface area contributed by atoms with Crippen LogP contribution >= 0.6 is 0 Å². The van der Waals surface area contributed by atoms with Crippen LogP contribution in [0.2, 0.25) is 0 Å². The van der Waals surface area contributed by atoms with Crippen LogP contribution in [0.25, 0.3) is 11.0 Å². The molecule has 3 aromatic rings. The zero-order valence-electron chi connectivity index (χ0n) is 17.3. The maximum absolute atomic E-state index is 13.2. The van der Waals surface area contributed by atoms with Gasteiger partial charge in [-0.3, -0.25) is 14.8 Å². The zero-order chi connectivity index (χ0) is 21.0. The summed E-state index contributed by atoms with van der Waals surface area (Å²) in [6.07, 6.45) is 3.24. The third-order valence-corrected chi connectivity index (χ3v) is 5.70. The van der Waals surface area contributed by atoms with Crippen molar-refractivity contribution in [3.63, 3.8) is 0 Å². The molecule has 2 aromatic carbocycles. The second-order valence-corrected chi connectivity index (χ2v) is 7.58. The Morgan fingerprint density at radius 2 is 1.58 bits per heavy atom. The van der Waals surface area contributed by atoms with Crippen LogP contribution in [0, 0.1) is 0 Å². The molecule has 0 aliphatic carbocycles. The normalized spacial score (nSPS) is 17.0. The van der Waals surface area contributed by atoms with Crippen molar-refractivity contribution in [2.45, 2.75) is 0 Å². The minimum Gasteiger partial charge on any atom is -0.378 e. The SMILES string of the molecule is O=C(Nc1ccc(N2CCOCC2)cc1N1CCOCC1)c1cccc2nccnc12. The lowest BCUT2D eigenvalue weighted by molar-refractivity contribution is 0.102.